The molecule has 0 aromatic carbocycles. The van der Waals surface area contributed by atoms with Crippen LogP contribution in [0.15, 0.2) is 23.3 Å². The molecule has 0 radical (unpaired) electrons. The van der Waals surface area contributed by atoms with Crippen LogP contribution in [0.2, 0.25) is 0 Å². The van der Waals surface area contributed by atoms with E-state index in [9.17, 15) is 0 Å². The minimum absolute atomic E-state index is 0.556. The summed E-state index contributed by atoms with van der Waals surface area (Å²) < 4.78 is 0. The monoisotopic (exact) mass is 202 g/mol. The molecule has 0 amide bonds. The predicted molar refractivity (Wildman–Crippen MR) is 63.2 cm³/mol. The zero-order valence-corrected chi connectivity index (χ0v) is 9.47. The number of piperidine rings is 1. The van der Waals surface area contributed by atoms with Crippen LogP contribution in [0, 0.1) is 12.5 Å². The topological polar surface area (TPSA) is 3.24 Å². The van der Waals surface area contributed by atoms with Crippen LogP contribution < -0.4 is 0 Å². The molecule has 1 heteroatoms. The van der Waals surface area contributed by atoms with Gasteiger partial charge < -0.3 is 4.90 Å². The van der Waals surface area contributed by atoms with Crippen molar-refractivity contribution in [2.45, 2.75) is 38.5 Å². The maximum absolute atomic E-state index is 4.06. The molecular weight excluding hydrogens is 182 g/mol. The highest BCUT2D eigenvalue weighted by molar-refractivity contribution is 5.43. The quantitative estimate of drug-likeness (QED) is 0.545. The van der Waals surface area contributed by atoms with E-state index in [0.29, 0.717) is 5.41 Å². The van der Waals surface area contributed by atoms with Crippen molar-refractivity contribution in [1.82, 2.24) is 4.90 Å². The van der Waals surface area contributed by atoms with Gasteiger partial charge in [0.1, 0.15) is 0 Å². The molecule has 2 aliphatic carbocycles. The first-order chi connectivity index (χ1) is 7.30. The lowest BCUT2D eigenvalue weighted by Gasteiger charge is -2.43. The van der Waals surface area contributed by atoms with Crippen molar-refractivity contribution in [3.63, 3.8) is 0 Å². The van der Waals surface area contributed by atoms with Crippen molar-refractivity contribution in [1.29, 1.82) is 0 Å². The highest BCUT2D eigenvalue weighted by Gasteiger charge is 2.41. The molecule has 0 aromatic heterocycles. The standard InChI is InChI=1S/C14H20N/c1-15-10-8-14(9-11-15)7-6-12-4-2-3-5-13(12)14/h4-5H,1-3,6-11H2/q-1. The Labute approximate surface area is 92.8 Å². The van der Waals surface area contributed by atoms with Crippen LogP contribution in [0.4, 0.5) is 0 Å². The van der Waals surface area contributed by atoms with Gasteiger partial charge in [-0.3, -0.25) is 7.05 Å². The van der Waals surface area contributed by atoms with Gasteiger partial charge in [-0.15, -0.1) is 0 Å². The summed E-state index contributed by atoms with van der Waals surface area (Å²) in [5, 5.41) is 0. The molecule has 0 aromatic rings. The van der Waals surface area contributed by atoms with Gasteiger partial charge in [-0.05, 0) is 68.2 Å². The highest BCUT2D eigenvalue weighted by atomic mass is 15.1. The number of fused-ring (bicyclic) bond motifs is 2. The van der Waals surface area contributed by atoms with Crippen molar-refractivity contribution in [2.24, 2.45) is 5.41 Å². The number of likely N-dealkylation sites (tertiary alicyclic amines) is 1. The van der Waals surface area contributed by atoms with Gasteiger partial charge in [0.05, 0.1) is 0 Å². The highest BCUT2D eigenvalue weighted by Crippen LogP contribution is 2.53. The largest absolute Gasteiger partial charge is 0.459 e. The van der Waals surface area contributed by atoms with Crippen molar-refractivity contribution in [3.8, 4) is 0 Å². The van der Waals surface area contributed by atoms with Crippen LogP contribution >= 0.6 is 0 Å². The summed E-state index contributed by atoms with van der Waals surface area (Å²) in [7, 11) is 4.06. The lowest BCUT2D eigenvalue weighted by molar-refractivity contribution is 0.173. The fourth-order valence-electron chi connectivity index (χ4n) is 3.53. The summed E-state index contributed by atoms with van der Waals surface area (Å²) in [6, 6.07) is 0. The molecule has 1 nitrogen and oxygen atoms in total. The number of allylic oxidation sites excluding steroid dienone is 4. The Morgan fingerprint density at radius 2 is 1.80 bits per heavy atom. The zero-order valence-electron chi connectivity index (χ0n) is 9.47. The van der Waals surface area contributed by atoms with E-state index in [0.717, 1.165) is 0 Å². The second kappa shape index (κ2) is 3.48. The fraction of sp³-hybridized carbons (Fsp3) is 0.643. The minimum atomic E-state index is 0.556. The average molecular weight is 202 g/mol. The summed E-state index contributed by atoms with van der Waals surface area (Å²) in [6.07, 6.45) is 13.0. The van der Waals surface area contributed by atoms with E-state index in [1.165, 1.54) is 51.6 Å². The summed E-state index contributed by atoms with van der Waals surface area (Å²) in [6.45, 7) is 2.37. The van der Waals surface area contributed by atoms with Crippen LogP contribution in [0.5, 0.6) is 0 Å². The smallest absolute Gasteiger partial charge is 0.00219 e. The molecule has 15 heavy (non-hydrogen) atoms. The fourth-order valence-corrected chi connectivity index (χ4v) is 3.53. The lowest BCUT2D eigenvalue weighted by Crippen LogP contribution is -2.36. The van der Waals surface area contributed by atoms with Gasteiger partial charge in [0.15, 0.2) is 0 Å². The van der Waals surface area contributed by atoms with Gasteiger partial charge in [-0.25, -0.2) is 0 Å². The number of hydrogen-bond donors (Lipinski definition) is 0. The molecule has 0 bridgehead atoms. The first kappa shape index (κ1) is 9.65. The number of rotatable bonds is 0. The van der Waals surface area contributed by atoms with Gasteiger partial charge in [-0.2, -0.15) is 0 Å². The van der Waals surface area contributed by atoms with Crippen LogP contribution in [0.25, 0.3) is 0 Å². The van der Waals surface area contributed by atoms with E-state index < -0.39 is 0 Å². The molecule has 0 unspecified atom stereocenters. The van der Waals surface area contributed by atoms with E-state index in [1.807, 2.05) is 0 Å². The molecule has 82 valence electrons. The van der Waals surface area contributed by atoms with Gasteiger partial charge in [0, 0.05) is 0 Å². The van der Waals surface area contributed by atoms with E-state index in [-0.39, 0.29) is 0 Å². The maximum Gasteiger partial charge on any atom is -0.00219 e. The number of nitrogens with zero attached hydrogens (tertiary/aromatic N) is 1. The maximum atomic E-state index is 4.06. The molecule has 0 atom stereocenters. The van der Waals surface area contributed by atoms with E-state index in [1.54, 1.807) is 11.1 Å². The van der Waals surface area contributed by atoms with Gasteiger partial charge in [0.2, 0.25) is 0 Å². The van der Waals surface area contributed by atoms with Gasteiger partial charge >= 0.3 is 0 Å². The zero-order chi connectivity index (χ0) is 10.3. The normalized spacial score (nSPS) is 29.9. The third kappa shape index (κ3) is 1.48. The Kier molecular flexibility index (Phi) is 2.24. The summed E-state index contributed by atoms with van der Waals surface area (Å²) >= 11 is 0. The van der Waals surface area contributed by atoms with Crippen LogP contribution in [-0.4, -0.2) is 18.0 Å². The Bertz CT molecular complexity index is 316. The summed E-state index contributed by atoms with van der Waals surface area (Å²) in [5.74, 6) is 0. The van der Waals surface area contributed by atoms with Gasteiger partial charge in [0.25, 0.3) is 0 Å². The molecule has 1 spiro atoms. The van der Waals surface area contributed by atoms with E-state index in [4.69, 9.17) is 0 Å². The minimum Gasteiger partial charge on any atom is -0.459 e. The first-order valence-electron chi connectivity index (χ1n) is 6.26. The van der Waals surface area contributed by atoms with E-state index >= 15 is 0 Å². The van der Waals surface area contributed by atoms with Crippen molar-refractivity contribution < 1.29 is 0 Å². The molecule has 1 aliphatic heterocycles. The molecule has 1 heterocycles. The molecule has 3 rings (SSSR count). The van der Waals surface area contributed by atoms with Gasteiger partial charge in [-0.1, -0.05) is 12.2 Å². The Morgan fingerprint density at radius 3 is 2.60 bits per heavy atom. The Morgan fingerprint density at radius 1 is 1.07 bits per heavy atom. The third-order valence-electron chi connectivity index (χ3n) is 4.51. The van der Waals surface area contributed by atoms with Crippen molar-refractivity contribution >= 4 is 0 Å². The van der Waals surface area contributed by atoms with E-state index in [2.05, 4.69) is 24.1 Å². The van der Waals surface area contributed by atoms with Crippen molar-refractivity contribution in [2.75, 3.05) is 13.1 Å². The molecular formula is C14H20N-. The number of hydrogen-bond acceptors (Lipinski definition) is 1. The molecule has 1 saturated carbocycles. The lowest BCUT2D eigenvalue weighted by atomic mass is 9.72. The summed E-state index contributed by atoms with van der Waals surface area (Å²) in [4.78, 5) is 2.23. The second-order valence-electron chi connectivity index (χ2n) is 5.32. The second-order valence-corrected chi connectivity index (χ2v) is 5.32. The molecule has 2 fully saturated rings. The molecule has 1 saturated heterocycles. The SMILES string of the molecule is [CH2-]N1CCC2(CCC3=CCCC=C32)CC1. The third-order valence-corrected chi connectivity index (χ3v) is 4.51. The first-order valence-corrected chi connectivity index (χ1v) is 6.26. The molecule has 3 aliphatic rings. The van der Waals surface area contributed by atoms with Crippen molar-refractivity contribution in [3.05, 3.63) is 30.3 Å². The Hall–Kier alpha value is -0.560. The molecule has 0 N–H and O–H groups in total. The predicted octanol–water partition coefficient (Wildman–Crippen LogP) is 3.30. The summed E-state index contributed by atoms with van der Waals surface area (Å²) in [5.41, 5.74) is 3.96. The van der Waals surface area contributed by atoms with Crippen LogP contribution in [0.1, 0.15) is 38.5 Å². The average Bonchev–Trinajstić information content (AvgIpc) is 2.63. The van der Waals surface area contributed by atoms with Crippen LogP contribution in [0.3, 0.4) is 0 Å². The van der Waals surface area contributed by atoms with Crippen LogP contribution in [-0.2, 0) is 0 Å². The Balaban J connectivity index is 1.88.